The van der Waals surface area contributed by atoms with Crippen LogP contribution in [-0.4, -0.2) is 27.8 Å². The van der Waals surface area contributed by atoms with Crippen LogP contribution in [0.15, 0.2) is 18.2 Å². The molecule has 0 aromatic heterocycles. The first kappa shape index (κ1) is 14.7. The Balaban J connectivity index is 1.85. The molecule has 0 spiro atoms. The quantitative estimate of drug-likeness (QED) is 0.620. The van der Waals surface area contributed by atoms with Gasteiger partial charge in [-0.25, -0.2) is 0 Å². The van der Waals surface area contributed by atoms with Gasteiger partial charge in [0.1, 0.15) is 0 Å². The monoisotopic (exact) mass is 279 g/mol. The van der Waals surface area contributed by atoms with Crippen LogP contribution in [0.1, 0.15) is 31.2 Å². The Morgan fingerprint density at radius 3 is 2.65 bits per heavy atom. The average molecular weight is 279 g/mol. The summed E-state index contributed by atoms with van der Waals surface area (Å²) in [5, 5.41) is 31.1. The molecule has 0 aliphatic heterocycles. The van der Waals surface area contributed by atoms with Crippen molar-refractivity contribution in [3.05, 3.63) is 23.8 Å². The standard InChI is InChI=1S/C15H21NO4/c17-13-6-5-10(7-14(13)18)8-16-9-11-3-1-2-4-12(11)15(19)20/h5-7,11-12,16-18H,1-4,8-9H2,(H,19,20). The minimum atomic E-state index is -0.696. The second kappa shape index (κ2) is 6.61. The van der Waals surface area contributed by atoms with Gasteiger partial charge in [0.15, 0.2) is 11.5 Å². The van der Waals surface area contributed by atoms with Crippen molar-refractivity contribution in [2.45, 2.75) is 32.2 Å². The Morgan fingerprint density at radius 1 is 1.20 bits per heavy atom. The molecule has 0 radical (unpaired) electrons. The number of phenolic OH excluding ortho intramolecular Hbond substituents is 2. The molecule has 2 atom stereocenters. The molecule has 0 heterocycles. The van der Waals surface area contributed by atoms with E-state index in [4.69, 9.17) is 0 Å². The largest absolute Gasteiger partial charge is 0.504 e. The number of nitrogens with one attached hydrogen (secondary N) is 1. The molecular formula is C15H21NO4. The molecule has 0 amide bonds. The lowest BCUT2D eigenvalue weighted by Crippen LogP contribution is -2.34. The number of carbonyl (C=O) groups is 1. The van der Waals surface area contributed by atoms with E-state index < -0.39 is 5.97 Å². The minimum absolute atomic E-state index is 0.132. The van der Waals surface area contributed by atoms with Gasteiger partial charge in [0, 0.05) is 6.54 Å². The third-order valence-electron chi connectivity index (χ3n) is 4.00. The van der Waals surface area contributed by atoms with Crippen LogP contribution in [0, 0.1) is 11.8 Å². The number of benzene rings is 1. The molecule has 0 bridgehead atoms. The third kappa shape index (κ3) is 3.63. The molecule has 5 nitrogen and oxygen atoms in total. The predicted molar refractivity (Wildman–Crippen MR) is 74.6 cm³/mol. The molecule has 1 saturated carbocycles. The van der Waals surface area contributed by atoms with E-state index in [-0.39, 0.29) is 23.3 Å². The summed E-state index contributed by atoms with van der Waals surface area (Å²) < 4.78 is 0. The molecular weight excluding hydrogens is 258 g/mol. The number of phenols is 2. The lowest BCUT2D eigenvalue weighted by molar-refractivity contribution is -0.144. The molecule has 20 heavy (non-hydrogen) atoms. The second-order valence-corrected chi connectivity index (χ2v) is 5.44. The van der Waals surface area contributed by atoms with Gasteiger partial charge in [-0.1, -0.05) is 18.9 Å². The van der Waals surface area contributed by atoms with E-state index in [1.807, 2.05) is 0 Å². The summed E-state index contributed by atoms with van der Waals surface area (Å²) in [6, 6.07) is 4.70. The summed E-state index contributed by atoms with van der Waals surface area (Å²) in [7, 11) is 0. The number of rotatable bonds is 5. The van der Waals surface area contributed by atoms with Crippen LogP contribution in [0.5, 0.6) is 11.5 Å². The van der Waals surface area contributed by atoms with E-state index in [1.54, 1.807) is 6.07 Å². The number of aliphatic carboxylic acids is 1. The van der Waals surface area contributed by atoms with Crippen LogP contribution in [-0.2, 0) is 11.3 Å². The van der Waals surface area contributed by atoms with Crippen LogP contribution in [0.3, 0.4) is 0 Å². The first-order chi connectivity index (χ1) is 9.58. The van der Waals surface area contributed by atoms with Crippen molar-refractivity contribution < 1.29 is 20.1 Å². The maximum absolute atomic E-state index is 11.2. The molecule has 0 saturated heterocycles. The molecule has 1 aromatic carbocycles. The zero-order chi connectivity index (χ0) is 14.5. The van der Waals surface area contributed by atoms with Crippen LogP contribution in [0.2, 0.25) is 0 Å². The molecule has 4 N–H and O–H groups in total. The fraction of sp³-hybridized carbons (Fsp3) is 0.533. The maximum Gasteiger partial charge on any atom is 0.306 e. The highest BCUT2D eigenvalue weighted by Crippen LogP contribution is 2.30. The summed E-state index contributed by atoms with van der Waals surface area (Å²) in [5.74, 6) is -1.03. The van der Waals surface area contributed by atoms with E-state index in [0.717, 1.165) is 31.2 Å². The fourth-order valence-corrected chi connectivity index (χ4v) is 2.86. The summed E-state index contributed by atoms with van der Waals surface area (Å²) >= 11 is 0. The highest BCUT2D eigenvalue weighted by atomic mass is 16.4. The van der Waals surface area contributed by atoms with Crippen molar-refractivity contribution in [1.82, 2.24) is 5.32 Å². The van der Waals surface area contributed by atoms with Gasteiger partial charge in [-0.15, -0.1) is 0 Å². The van der Waals surface area contributed by atoms with Crippen LogP contribution in [0.25, 0.3) is 0 Å². The number of aromatic hydroxyl groups is 2. The summed E-state index contributed by atoms with van der Waals surface area (Å²) in [6.45, 7) is 1.22. The molecule has 2 unspecified atom stereocenters. The fourth-order valence-electron chi connectivity index (χ4n) is 2.86. The Hall–Kier alpha value is -1.75. The molecule has 110 valence electrons. The smallest absolute Gasteiger partial charge is 0.306 e. The number of hydrogen-bond donors (Lipinski definition) is 4. The van der Waals surface area contributed by atoms with E-state index in [0.29, 0.717) is 13.1 Å². The Labute approximate surface area is 118 Å². The number of carboxylic acid groups (broad SMARTS) is 1. The van der Waals surface area contributed by atoms with Gasteiger partial charge in [0.2, 0.25) is 0 Å². The van der Waals surface area contributed by atoms with E-state index >= 15 is 0 Å². The molecule has 1 aliphatic carbocycles. The van der Waals surface area contributed by atoms with Crippen molar-refractivity contribution in [2.24, 2.45) is 11.8 Å². The Bertz CT molecular complexity index is 475. The van der Waals surface area contributed by atoms with Gasteiger partial charge in [0.05, 0.1) is 5.92 Å². The molecule has 1 fully saturated rings. The van der Waals surface area contributed by atoms with Crippen molar-refractivity contribution in [2.75, 3.05) is 6.54 Å². The van der Waals surface area contributed by atoms with Gasteiger partial charge in [0.25, 0.3) is 0 Å². The van der Waals surface area contributed by atoms with Gasteiger partial charge >= 0.3 is 5.97 Å². The maximum atomic E-state index is 11.2. The molecule has 1 aliphatic rings. The van der Waals surface area contributed by atoms with Crippen LogP contribution >= 0.6 is 0 Å². The highest BCUT2D eigenvalue weighted by molar-refractivity contribution is 5.70. The van der Waals surface area contributed by atoms with Crippen molar-refractivity contribution in [1.29, 1.82) is 0 Å². The summed E-state index contributed by atoms with van der Waals surface area (Å²) in [4.78, 5) is 11.2. The Kier molecular flexibility index (Phi) is 4.84. The van der Waals surface area contributed by atoms with Crippen LogP contribution in [0.4, 0.5) is 0 Å². The molecule has 5 heteroatoms. The Morgan fingerprint density at radius 2 is 1.95 bits per heavy atom. The number of carboxylic acids is 1. The van der Waals surface area contributed by atoms with Gasteiger partial charge in [-0.3, -0.25) is 4.79 Å². The summed E-state index contributed by atoms with van der Waals surface area (Å²) in [6.07, 6.45) is 3.81. The van der Waals surface area contributed by atoms with E-state index in [2.05, 4.69) is 5.32 Å². The zero-order valence-corrected chi connectivity index (χ0v) is 11.4. The molecule has 1 aromatic rings. The van der Waals surface area contributed by atoms with Crippen molar-refractivity contribution in [3.63, 3.8) is 0 Å². The van der Waals surface area contributed by atoms with E-state index in [9.17, 15) is 20.1 Å². The summed E-state index contributed by atoms with van der Waals surface area (Å²) in [5.41, 5.74) is 0.864. The van der Waals surface area contributed by atoms with Gasteiger partial charge in [-0.2, -0.15) is 0 Å². The van der Waals surface area contributed by atoms with Gasteiger partial charge in [-0.05, 0) is 43.0 Å². The van der Waals surface area contributed by atoms with Crippen LogP contribution < -0.4 is 5.32 Å². The highest BCUT2D eigenvalue weighted by Gasteiger charge is 2.30. The van der Waals surface area contributed by atoms with Gasteiger partial charge < -0.3 is 20.6 Å². The normalized spacial score (nSPS) is 22.6. The zero-order valence-electron chi connectivity index (χ0n) is 11.4. The number of hydrogen-bond acceptors (Lipinski definition) is 4. The first-order valence-corrected chi connectivity index (χ1v) is 7.02. The SMILES string of the molecule is O=C(O)C1CCCCC1CNCc1ccc(O)c(O)c1. The first-order valence-electron chi connectivity index (χ1n) is 7.02. The third-order valence-corrected chi connectivity index (χ3v) is 4.00. The lowest BCUT2D eigenvalue weighted by Gasteiger charge is -2.28. The van der Waals surface area contributed by atoms with Crippen molar-refractivity contribution >= 4 is 5.97 Å². The average Bonchev–Trinajstić information content (AvgIpc) is 2.43. The second-order valence-electron chi connectivity index (χ2n) is 5.44. The topological polar surface area (TPSA) is 89.8 Å². The minimum Gasteiger partial charge on any atom is -0.504 e. The lowest BCUT2D eigenvalue weighted by atomic mass is 9.79. The van der Waals surface area contributed by atoms with Crippen molar-refractivity contribution in [3.8, 4) is 11.5 Å². The predicted octanol–water partition coefficient (Wildman–Crippen LogP) is 2.08. The molecule has 2 rings (SSSR count). The van der Waals surface area contributed by atoms with E-state index in [1.165, 1.54) is 12.1 Å².